The molecule has 1 aliphatic rings. The highest BCUT2D eigenvalue weighted by Crippen LogP contribution is 2.45. The molecule has 0 spiro atoms. The van der Waals surface area contributed by atoms with Gasteiger partial charge >= 0.3 is 0 Å². The van der Waals surface area contributed by atoms with E-state index < -0.39 is 0 Å². The summed E-state index contributed by atoms with van der Waals surface area (Å²) in [5, 5.41) is 1.40. The molecule has 1 nitrogen and oxygen atoms in total. The van der Waals surface area contributed by atoms with Crippen molar-refractivity contribution >= 4 is 29.1 Å². The van der Waals surface area contributed by atoms with Gasteiger partial charge in [0.15, 0.2) is 0 Å². The van der Waals surface area contributed by atoms with Crippen molar-refractivity contribution in [3.8, 4) is 0 Å². The van der Waals surface area contributed by atoms with E-state index in [2.05, 4.69) is 121 Å². The third kappa shape index (κ3) is 13.4. The van der Waals surface area contributed by atoms with Gasteiger partial charge in [-0.05, 0) is 110 Å². The summed E-state index contributed by atoms with van der Waals surface area (Å²) < 4.78 is 2.33. The van der Waals surface area contributed by atoms with E-state index in [-0.39, 0.29) is 0 Å². The highest BCUT2D eigenvalue weighted by Gasteiger charge is 2.33. The zero-order valence-electron chi connectivity index (χ0n) is 32.0. The molecule has 1 aromatic heterocycles. The summed E-state index contributed by atoms with van der Waals surface area (Å²) in [5.74, 6) is 3.43. The number of aromatic nitrogens is 1. The maximum Gasteiger partial charge on any atom is 0.0491 e. The molecule has 1 heterocycles. The summed E-state index contributed by atoms with van der Waals surface area (Å²) in [4.78, 5) is 0. The van der Waals surface area contributed by atoms with Crippen molar-refractivity contribution in [2.45, 2.75) is 148 Å². The van der Waals surface area contributed by atoms with Crippen molar-refractivity contribution in [1.29, 1.82) is 0 Å². The van der Waals surface area contributed by atoms with Crippen LogP contribution in [0.3, 0.4) is 0 Å². The van der Waals surface area contributed by atoms with Gasteiger partial charge in [-0.25, -0.2) is 0 Å². The predicted molar refractivity (Wildman–Crippen MR) is 212 cm³/mol. The van der Waals surface area contributed by atoms with Crippen LogP contribution in [0.4, 0.5) is 0 Å². The number of hydrogen-bond donors (Lipinski definition) is 1. The van der Waals surface area contributed by atoms with Crippen molar-refractivity contribution < 1.29 is 0 Å². The van der Waals surface area contributed by atoms with Gasteiger partial charge in [0, 0.05) is 23.6 Å². The highest BCUT2D eigenvalue weighted by atomic mass is 32.1. The Morgan fingerprint density at radius 2 is 1.62 bits per heavy atom. The molecule has 45 heavy (non-hydrogen) atoms. The summed E-state index contributed by atoms with van der Waals surface area (Å²) >= 11 is 4.36. The standard InChI is InChI=1S/C21H34.C16H21NS.3C2H6/c1-17(18(2)16-20-11-6-5-7-12-20)13-15-21(4)14-9-8-10-19(21)3;1-5-17-10-13(6-7-18)16-12(4)8-14(11(2)3)9-15(16)17;3*1-2/h5-7,11-12,17-19H,8-10,13-16H2,1-4H3;8-10,18H,2,5-7H2,1,3-4H3;3*1-2H3. The lowest BCUT2D eigenvalue weighted by molar-refractivity contribution is 0.104. The molecule has 2 aromatic carbocycles. The largest absolute Gasteiger partial charge is 0.347 e. The van der Waals surface area contributed by atoms with E-state index in [1.807, 2.05) is 41.5 Å². The molecular weight excluding hydrogens is 563 g/mol. The van der Waals surface area contributed by atoms with Crippen LogP contribution in [0.25, 0.3) is 16.5 Å². The minimum Gasteiger partial charge on any atom is -0.347 e. The van der Waals surface area contributed by atoms with E-state index in [0.717, 1.165) is 42.0 Å². The molecule has 0 bridgehead atoms. The highest BCUT2D eigenvalue weighted by molar-refractivity contribution is 7.80. The first-order valence-corrected chi connectivity index (χ1v) is 19.2. The Balaban J connectivity index is 0.000000744. The fourth-order valence-electron chi connectivity index (χ4n) is 6.53. The van der Waals surface area contributed by atoms with Gasteiger partial charge in [-0.1, -0.05) is 137 Å². The molecule has 0 amide bonds. The molecule has 0 radical (unpaired) electrons. The normalized spacial score (nSPS) is 18.4. The van der Waals surface area contributed by atoms with Crippen LogP contribution in [-0.2, 0) is 19.4 Å². The van der Waals surface area contributed by atoms with Gasteiger partial charge in [-0.3, -0.25) is 0 Å². The Labute approximate surface area is 287 Å². The second-order valence-corrected chi connectivity index (χ2v) is 13.3. The van der Waals surface area contributed by atoms with E-state index in [0.29, 0.717) is 5.41 Å². The van der Waals surface area contributed by atoms with Gasteiger partial charge in [-0.2, -0.15) is 12.6 Å². The van der Waals surface area contributed by atoms with Gasteiger partial charge < -0.3 is 4.57 Å². The van der Waals surface area contributed by atoms with Gasteiger partial charge in [0.1, 0.15) is 0 Å². The molecular formula is C43H73NS. The maximum atomic E-state index is 4.36. The number of allylic oxidation sites excluding steroid dienone is 1. The van der Waals surface area contributed by atoms with Crippen LogP contribution >= 0.6 is 12.6 Å². The number of nitrogens with zero attached hydrogens (tertiary/aromatic N) is 1. The van der Waals surface area contributed by atoms with Crippen molar-refractivity contribution in [1.82, 2.24) is 4.57 Å². The third-order valence-corrected chi connectivity index (χ3v) is 10.1. The first-order valence-electron chi connectivity index (χ1n) is 18.5. The summed E-state index contributed by atoms with van der Waals surface area (Å²) in [6, 6.07) is 15.5. The quantitative estimate of drug-likeness (QED) is 0.212. The number of hydrogen-bond acceptors (Lipinski definition) is 1. The number of rotatable bonds is 10. The molecule has 4 atom stereocenters. The first-order chi connectivity index (χ1) is 21.6. The molecule has 1 aliphatic carbocycles. The number of aryl methyl sites for hydroxylation is 3. The fraction of sp³-hybridized carbons (Fsp3) is 0.628. The van der Waals surface area contributed by atoms with Gasteiger partial charge in [0.25, 0.3) is 0 Å². The number of thiol groups is 1. The zero-order valence-corrected chi connectivity index (χ0v) is 32.9. The number of fused-ring (bicyclic) bond motifs is 1. The van der Waals surface area contributed by atoms with Crippen LogP contribution in [0.1, 0.15) is 144 Å². The Hall–Kier alpha value is -1.93. The Morgan fingerprint density at radius 3 is 2.16 bits per heavy atom. The Kier molecular flexibility index (Phi) is 22.4. The molecule has 0 saturated heterocycles. The number of benzene rings is 2. The molecule has 0 N–H and O–H groups in total. The third-order valence-electron chi connectivity index (χ3n) is 9.84. The SMILES string of the molecule is C=C(C)c1cc(C)c2c(CCS)cn(CC)c2c1.CC.CC.CC.CC(CCC1(C)CCCCC1C)C(C)Cc1ccccc1. The molecule has 2 heteroatoms. The summed E-state index contributed by atoms with van der Waals surface area (Å²) in [5.41, 5.74) is 8.55. The fourth-order valence-corrected chi connectivity index (χ4v) is 6.77. The maximum absolute atomic E-state index is 4.36. The monoisotopic (exact) mass is 636 g/mol. The van der Waals surface area contributed by atoms with Crippen molar-refractivity contribution in [2.24, 2.45) is 23.2 Å². The average Bonchev–Trinajstić information content (AvgIpc) is 3.43. The van der Waals surface area contributed by atoms with Crippen LogP contribution in [0.5, 0.6) is 0 Å². The van der Waals surface area contributed by atoms with E-state index >= 15 is 0 Å². The minimum atomic E-state index is 0.610. The lowest BCUT2D eigenvalue weighted by Gasteiger charge is -2.41. The summed E-state index contributed by atoms with van der Waals surface area (Å²) in [7, 11) is 0. The summed E-state index contributed by atoms with van der Waals surface area (Å²) in [6.07, 6.45) is 13.2. The molecule has 4 unspecified atom stereocenters. The average molecular weight is 636 g/mol. The smallest absolute Gasteiger partial charge is 0.0491 e. The Morgan fingerprint density at radius 1 is 1.00 bits per heavy atom. The van der Waals surface area contributed by atoms with Crippen LogP contribution < -0.4 is 0 Å². The minimum absolute atomic E-state index is 0.610. The lowest BCUT2D eigenvalue weighted by atomic mass is 9.65. The van der Waals surface area contributed by atoms with Gasteiger partial charge in [-0.15, -0.1) is 0 Å². The molecule has 256 valence electrons. The molecule has 3 aromatic rings. The van der Waals surface area contributed by atoms with Crippen LogP contribution in [-0.4, -0.2) is 10.3 Å². The van der Waals surface area contributed by atoms with E-state index in [1.165, 1.54) is 78.1 Å². The van der Waals surface area contributed by atoms with Crippen molar-refractivity contribution in [2.75, 3.05) is 5.75 Å². The van der Waals surface area contributed by atoms with Crippen LogP contribution in [0.15, 0.2) is 55.2 Å². The second kappa shape index (κ2) is 23.4. The van der Waals surface area contributed by atoms with E-state index in [9.17, 15) is 0 Å². The summed E-state index contributed by atoms with van der Waals surface area (Å²) in [6.45, 7) is 33.4. The lowest BCUT2D eigenvalue weighted by Crippen LogP contribution is -2.30. The molecule has 0 aliphatic heterocycles. The van der Waals surface area contributed by atoms with Gasteiger partial charge in [0.2, 0.25) is 0 Å². The van der Waals surface area contributed by atoms with Crippen LogP contribution in [0.2, 0.25) is 0 Å². The second-order valence-electron chi connectivity index (χ2n) is 12.9. The Bertz CT molecular complexity index is 1190. The first kappa shape index (κ1) is 43.1. The molecule has 4 rings (SSSR count). The van der Waals surface area contributed by atoms with Crippen molar-refractivity contribution in [3.63, 3.8) is 0 Å². The van der Waals surface area contributed by atoms with E-state index in [1.54, 1.807) is 0 Å². The topological polar surface area (TPSA) is 4.93 Å². The predicted octanol–water partition coefficient (Wildman–Crippen LogP) is 14.1. The van der Waals surface area contributed by atoms with E-state index in [4.69, 9.17) is 0 Å². The molecule has 1 fully saturated rings. The van der Waals surface area contributed by atoms with Crippen LogP contribution in [0, 0.1) is 30.1 Å². The van der Waals surface area contributed by atoms with Crippen molar-refractivity contribution in [3.05, 3.63) is 77.5 Å². The zero-order chi connectivity index (χ0) is 34.6. The molecule has 1 saturated carbocycles. The van der Waals surface area contributed by atoms with Gasteiger partial charge in [0.05, 0.1) is 0 Å².